The lowest BCUT2D eigenvalue weighted by molar-refractivity contribution is -0.00133. The zero-order valence-corrected chi connectivity index (χ0v) is 30.6. The van der Waals surface area contributed by atoms with Gasteiger partial charge in [0.1, 0.15) is 5.75 Å². The Hall–Kier alpha value is -3.54. The number of piperazine rings is 2. The molecule has 260 valence electrons. The average Bonchev–Trinajstić information content (AvgIpc) is 3.53. The van der Waals surface area contributed by atoms with Crippen molar-refractivity contribution in [1.29, 1.82) is 0 Å². The molecule has 2 atom stereocenters. The molecule has 2 unspecified atom stereocenters. The lowest BCUT2D eigenvalue weighted by atomic mass is 9.63. The number of thiazole rings is 1. The van der Waals surface area contributed by atoms with E-state index in [0.717, 1.165) is 77.5 Å². The number of amides is 2. The largest absolute Gasteiger partial charge is 0.496 e. The predicted octanol–water partition coefficient (Wildman–Crippen LogP) is 6.86. The number of hydrogen-bond donors (Lipinski definition) is 1. The monoisotopic (exact) mass is 700 g/mol. The highest BCUT2D eigenvalue weighted by molar-refractivity contribution is 8.01. The molecule has 2 aromatic carbocycles. The minimum Gasteiger partial charge on any atom is -0.496 e. The molecule has 2 aliphatic carbocycles. The molecule has 7 rings (SSSR count). The number of nitrogens with zero attached hydrogens (tertiary/aromatic N) is 5. The summed E-state index contributed by atoms with van der Waals surface area (Å²) in [5, 5.41) is 3.52. The number of aromatic nitrogens is 1. The zero-order chi connectivity index (χ0) is 34.1. The van der Waals surface area contributed by atoms with Crippen molar-refractivity contribution in [1.82, 2.24) is 19.7 Å². The van der Waals surface area contributed by atoms with E-state index in [-0.39, 0.29) is 11.8 Å². The van der Waals surface area contributed by atoms with Crippen LogP contribution in [0.4, 0.5) is 10.8 Å². The fourth-order valence-electron chi connectivity index (χ4n) is 7.73. The van der Waals surface area contributed by atoms with Gasteiger partial charge in [0, 0.05) is 80.2 Å². The van der Waals surface area contributed by atoms with Crippen molar-refractivity contribution in [3.63, 3.8) is 0 Å². The molecule has 1 aromatic heterocycles. The van der Waals surface area contributed by atoms with Crippen LogP contribution in [0.3, 0.4) is 0 Å². The third-order valence-corrected chi connectivity index (χ3v) is 13.2. The molecule has 4 fully saturated rings. The van der Waals surface area contributed by atoms with Gasteiger partial charge in [-0.15, -0.1) is 0 Å². The maximum Gasteiger partial charge on any atom is 0.257 e. The second-order valence-electron chi connectivity index (χ2n) is 13.9. The Labute approximate surface area is 298 Å². The Bertz CT molecular complexity index is 1670. The Kier molecular flexibility index (Phi) is 10.2. The number of nitrogens with one attached hydrogen (secondary N) is 1. The first-order chi connectivity index (χ1) is 23.8. The van der Waals surface area contributed by atoms with Gasteiger partial charge in [0.25, 0.3) is 11.8 Å². The maximum atomic E-state index is 13.6. The van der Waals surface area contributed by atoms with Crippen LogP contribution in [-0.2, 0) is 0 Å². The molecule has 9 nitrogen and oxygen atoms in total. The first-order valence-electron chi connectivity index (χ1n) is 17.7. The molecule has 0 radical (unpaired) electrons. The highest BCUT2D eigenvalue weighted by Crippen LogP contribution is 2.46. The number of ether oxygens (including phenoxy) is 1. The quantitative estimate of drug-likeness (QED) is 0.246. The van der Waals surface area contributed by atoms with Crippen molar-refractivity contribution >= 4 is 45.7 Å². The minimum absolute atomic E-state index is 0.0309. The zero-order valence-electron chi connectivity index (χ0n) is 29.0. The standard InChI is InChI=1S/C38H48N6O3S2/c1-25(2)41-14-20-44(21-15-41)37(46)31-23-34(26(3)22-33(31)47-4)48-35-24-39-38(49-35)40-36(45)28-8-10-29(11-9-28)42-16-18-43(19-17-42)32-13-12-30(32)27-6-5-7-27/h8-11,22-24,27,30,32H,1,5-7,12-21H2,2-4H3,(H,39,40,45). The van der Waals surface area contributed by atoms with Crippen molar-refractivity contribution in [3.8, 4) is 5.75 Å². The summed E-state index contributed by atoms with van der Waals surface area (Å²) < 4.78 is 6.55. The molecule has 49 heavy (non-hydrogen) atoms. The summed E-state index contributed by atoms with van der Waals surface area (Å²) >= 11 is 2.96. The normalized spacial score (nSPS) is 21.6. The Morgan fingerprint density at radius 2 is 1.67 bits per heavy atom. The van der Waals surface area contributed by atoms with E-state index in [1.807, 2.05) is 43.0 Å². The van der Waals surface area contributed by atoms with Gasteiger partial charge >= 0.3 is 0 Å². The first kappa shape index (κ1) is 33.9. The lowest BCUT2D eigenvalue weighted by Crippen LogP contribution is -2.57. The van der Waals surface area contributed by atoms with Crippen LogP contribution in [0.25, 0.3) is 0 Å². The summed E-state index contributed by atoms with van der Waals surface area (Å²) in [6.45, 7) is 15.2. The molecule has 3 heterocycles. The number of benzene rings is 2. The molecule has 11 heteroatoms. The summed E-state index contributed by atoms with van der Waals surface area (Å²) in [7, 11) is 1.60. The Morgan fingerprint density at radius 1 is 0.959 bits per heavy atom. The number of aryl methyl sites for hydroxylation is 1. The van der Waals surface area contributed by atoms with Crippen molar-refractivity contribution in [2.45, 2.75) is 61.1 Å². The second kappa shape index (κ2) is 14.7. The summed E-state index contributed by atoms with van der Waals surface area (Å²) in [5.74, 6) is 2.31. The molecule has 2 saturated heterocycles. The number of carbonyl (C=O) groups is 2. The molecule has 2 saturated carbocycles. The molecular weight excluding hydrogens is 653 g/mol. The van der Waals surface area contributed by atoms with Gasteiger partial charge < -0.3 is 19.4 Å². The van der Waals surface area contributed by atoms with E-state index in [4.69, 9.17) is 4.74 Å². The molecule has 2 aliphatic heterocycles. The predicted molar refractivity (Wildman–Crippen MR) is 198 cm³/mol. The van der Waals surface area contributed by atoms with E-state index < -0.39 is 0 Å². The summed E-state index contributed by atoms with van der Waals surface area (Å²) in [4.78, 5) is 41.4. The van der Waals surface area contributed by atoms with Gasteiger partial charge in [-0.05, 0) is 80.5 Å². The van der Waals surface area contributed by atoms with Crippen molar-refractivity contribution in [2.24, 2.45) is 11.8 Å². The summed E-state index contributed by atoms with van der Waals surface area (Å²) in [6.07, 6.45) is 8.92. The van der Waals surface area contributed by atoms with E-state index in [1.54, 1.807) is 13.3 Å². The van der Waals surface area contributed by atoms with Crippen molar-refractivity contribution in [3.05, 3.63) is 71.6 Å². The smallest absolute Gasteiger partial charge is 0.257 e. The molecular formula is C38H48N6O3S2. The summed E-state index contributed by atoms with van der Waals surface area (Å²) in [6, 6.07) is 12.6. The number of hydrogen-bond acceptors (Lipinski definition) is 9. The minimum atomic E-state index is -0.172. The third kappa shape index (κ3) is 7.35. The SMILES string of the molecule is C=C(C)N1CCN(C(=O)c2cc(Sc3cnc(NC(=O)c4ccc(N5CCN(C6CCC6C6CCC6)CC5)cc4)s3)c(C)cc2OC)CC1. The maximum absolute atomic E-state index is 13.6. The van der Waals surface area contributed by atoms with Crippen LogP contribution in [0, 0.1) is 18.8 Å². The molecule has 4 aliphatic rings. The second-order valence-corrected chi connectivity index (χ2v) is 16.3. The van der Waals surface area contributed by atoms with Crippen LogP contribution in [0.1, 0.15) is 65.3 Å². The topological polar surface area (TPSA) is 81.2 Å². The number of carbonyl (C=O) groups excluding carboxylic acids is 2. The Balaban J connectivity index is 0.933. The highest BCUT2D eigenvalue weighted by atomic mass is 32.2. The van der Waals surface area contributed by atoms with Crippen molar-refractivity contribution in [2.75, 3.05) is 69.7 Å². The molecule has 0 spiro atoms. The van der Waals surface area contributed by atoms with E-state index in [1.165, 1.54) is 60.9 Å². The van der Waals surface area contributed by atoms with Crippen LogP contribution >= 0.6 is 23.1 Å². The van der Waals surface area contributed by atoms with Gasteiger partial charge in [-0.2, -0.15) is 0 Å². The fraction of sp³-hybridized carbons (Fsp3) is 0.500. The van der Waals surface area contributed by atoms with Crippen LogP contribution in [0.15, 0.2) is 64.0 Å². The number of anilines is 2. The van der Waals surface area contributed by atoms with Gasteiger partial charge in [-0.3, -0.25) is 19.8 Å². The van der Waals surface area contributed by atoms with Crippen LogP contribution < -0.4 is 15.0 Å². The molecule has 1 N–H and O–H groups in total. The first-order valence-corrected chi connectivity index (χ1v) is 19.3. The van der Waals surface area contributed by atoms with Crippen LogP contribution in [-0.4, -0.2) is 97.0 Å². The highest BCUT2D eigenvalue weighted by Gasteiger charge is 2.42. The van der Waals surface area contributed by atoms with Crippen LogP contribution in [0.5, 0.6) is 5.75 Å². The van der Waals surface area contributed by atoms with Crippen molar-refractivity contribution < 1.29 is 14.3 Å². The lowest BCUT2D eigenvalue weighted by Gasteiger charge is -2.52. The van der Waals surface area contributed by atoms with E-state index in [9.17, 15) is 9.59 Å². The molecule has 3 aromatic rings. The third-order valence-electron chi connectivity index (χ3n) is 11.1. The Morgan fingerprint density at radius 3 is 2.29 bits per heavy atom. The van der Waals surface area contributed by atoms with E-state index >= 15 is 0 Å². The van der Waals surface area contributed by atoms with E-state index in [2.05, 4.69) is 43.7 Å². The van der Waals surface area contributed by atoms with Gasteiger partial charge in [0.15, 0.2) is 5.13 Å². The summed E-state index contributed by atoms with van der Waals surface area (Å²) in [5.41, 5.74) is 4.38. The van der Waals surface area contributed by atoms with E-state index in [0.29, 0.717) is 35.1 Å². The number of allylic oxidation sites excluding steroid dienone is 1. The average molecular weight is 701 g/mol. The number of rotatable bonds is 10. The van der Waals surface area contributed by atoms with Gasteiger partial charge in [0.2, 0.25) is 0 Å². The number of methoxy groups -OCH3 is 1. The van der Waals surface area contributed by atoms with Gasteiger partial charge in [0.05, 0.1) is 23.1 Å². The molecule has 2 amide bonds. The fourth-order valence-corrected chi connectivity index (χ4v) is 9.66. The van der Waals surface area contributed by atoms with Crippen LogP contribution in [0.2, 0.25) is 0 Å². The van der Waals surface area contributed by atoms with Gasteiger partial charge in [-0.1, -0.05) is 48.9 Å². The van der Waals surface area contributed by atoms with Gasteiger partial charge in [-0.25, -0.2) is 4.98 Å². The molecule has 0 bridgehead atoms.